The van der Waals surface area contributed by atoms with Crippen molar-refractivity contribution in [2.45, 2.75) is 12.4 Å². The molecule has 2 rings (SSSR count). The number of hydrogen-bond acceptors (Lipinski definition) is 3. The van der Waals surface area contributed by atoms with Gasteiger partial charge in [0.2, 0.25) is 0 Å². The van der Waals surface area contributed by atoms with Crippen LogP contribution in [0.3, 0.4) is 0 Å². The molecule has 1 atom stereocenters. The van der Waals surface area contributed by atoms with Crippen molar-refractivity contribution >= 4 is 15.9 Å². The van der Waals surface area contributed by atoms with Gasteiger partial charge in [-0.2, -0.15) is 0 Å². The summed E-state index contributed by atoms with van der Waals surface area (Å²) in [6.45, 7) is 0. The summed E-state index contributed by atoms with van der Waals surface area (Å²) < 4.78 is 40.6. The van der Waals surface area contributed by atoms with Gasteiger partial charge < -0.3 is 10.5 Å². The average Bonchev–Trinajstić information content (AvgIpc) is 2.37. The first kappa shape index (κ1) is 14.8. The van der Waals surface area contributed by atoms with Crippen LogP contribution in [-0.4, -0.2) is 11.3 Å². The molecule has 0 bridgehead atoms. The lowest BCUT2D eigenvalue weighted by Gasteiger charge is -2.13. The summed E-state index contributed by atoms with van der Waals surface area (Å²) >= 11 is 3.24. The van der Waals surface area contributed by atoms with Crippen molar-refractivity contribution in [1.82, 2.24) is 4.98 Å². The van der Waals surface area contributed by atoms with Crippen molar-refractivity contribution in [2.24, 2.45) is 5.73 Å². The molecule has 0 aliphatic heterocycles. The summed E-state index contributed by atoms with van der Waals surface area (Å²) in [5.41, 5.74) is 7.27. The van der Waals surface area contributed by atoms with E-state index in [2.05, 4.69) is 25.7 Å². The van der Waals surface area contributed by atoms with E-state index in [-0.39, 0.29) is 5.75 Å². The molecule has 0 spiro atoms. The van der Waals surface area contributed by atoms with Gasteiger partial charge in [-0.15, -0.1) is 13.2 Å². The molecular weight excluding hydrogens is 337 g/mol. The number of rotatable bonds is 3. The van der Waals surface area contributed by atoms with Gasteiger partial charge >= 0.3 is 6.36 Å². The Bertz CT molecular complexity index is 587. The van der Waals surface area contributed by atoms with E-state index >= 15 is 0 Å². The smallest absolute Gasteiger partial charge is 0.406 e. The van der Waals surface area contributed by atoms with Gasteiger partial charge in [-0.1, -0.05) is 18.2 Å². The molecule has 2 aromatic rings. The fourth-order valence-electron chi connectivity index (χ4n) is 1.64. The molecule has 1 aromatic heterocycles. The van der Waals surface area contributed by atoms with Gasteiger partial charge in [0.05, 0.1) is 11.7 Å². The quantitative estimate of drug-likeness (QED) is 0.860. The summed E-state index contributed by atoms with van der Waals surface area (Å²) in [6, 6.07) is 10.2. The van der Waals surface area contributed by atoms with Gasteiger partial charge in [-0.3, -0.25) is 0 Å². The lowest BCUT2D eigenvalue weighted by atomic mass is 10.0. The monoisotopic (exact) mass is 346 g/mol. The predicted molar refractivity (Wildman–Crippen MR) is 71.1 cm³/mol. The molecule has 1 heterocycles. The van der Waals surface area contributed by atoms with Gasteiger partial charge in [-0.05, 0) is 45.8 Å². The summed E-state index contributed by atoms with van der Waals surface area (Å²) in [7, 11) is 0. The maximum absolute atomic E-state index is 12.0. The van der Waals surface area contributed by atoms with Crippen LogP contribution < -0.4 is 10.5 Å². The molecule has 0 aliphatic rings. The van der Waals surface area contributed by atoms with Crippen LogP contribution in [-0.2, 0) is 0 Å². The largest absolute Gasteiger partial charge is 0.573 e. The Morgan fingerprint density at radius 1 is 1.10 bits per heavy atom. The van der Waals surface area contributed by atoms with Gasteiger partial charge in [0.25, 0.3) is 0 Å². The number of alkyl halides is 3. The first-order valence-corrected chi connectivity index (χ1v) is 6.38. The van der Waals surface area contributed by atoms with Crippen LogP contribution in [0, 0.1) is 0 Å². The zero-order valence-electron chi connectivity index (χ0n) is 10.1. The first-order valence-electron chi connectivity index (χ1n) is 5.59. The van der Waals surface area contributed by atoms with Crippen molar-refractivity contribution in [1.29, 1.82) is 0 Å². The number of nitrogens with zero attached hydrogens (tertiary/aromatic N) is 1. The molecule has 1 aromatic carbocycles. The Balaban J connectivity index is 2.17. The number of hydrogen-bond donors (Lipinski definition) is 1. The first-order chi connectivity index (χ1) is 9.35. The third-order valence-electron chi connectivity index (χ3n) is 2.53. The second-order valence-electron chi connectivity index (χ2n) is 3.98. The van der Waals surface area contributed by atoms with Crippen LogP contribution in [0.2, 0.25) is 0 Å². The van der Waals surface area contributed by atoms with E-state index in [9.17, 15) is 13.2 Å². The van der Waals surface area contributed by atoms with Gasteiger partial charge in [-0.25, -0.2) is 4.98 Å². The second-order valence-corrected chi connectivity index (χ2v) is 4.79. The zero-order valence-corrected chi connectivity index (χ0v) is 11.6. The highest BCUT2D eigenvalue weighted by atomic mass is 79.9. The molecule has 0 saturated carbocycles. The topological polar surface area (TPSA) is 48.1 Å². The number of nitrogens with two attached hydrogens (primary N) is 1. The van der Waals surface area contributed by atoms with Crippen LogP contribution in [0.5, 0.6) is 5.75 Å². The summed E-state index contributed by atoms with van der Waals surface area (Å²) in [5.74, 6) is -0.282. The number of pyridine rings is 1. The second kappa shape index (κ2) is 5.80. The van der Waals surface area contributed by atoms with E-state index in [1.54, 1.807) is 18.2 Å². The predicted octanol–water partition coefficient (Wildman–Crippen LogP) is 3.79. The zero-order chi connectivity index (χ0) is 14.8. The van der Waals surface area contributed by atoms with Gasteiger partial charge in [0, 0.05) is 0 Å². The molecule has 0 amide bonds. The normalized spacial score (nSPS) is 13.1. The number of benzene rings is 1. The van der Waals surface area contributed by atoms with Crippen LogP contribution in [0.1, 0.15) is 17.3 Å². The molecule has 0 fully saturated rings. The highest BCUT2D eigenvalue weighted by Gasteiger charge is 2.31. The fourth-order valence-corrected chi connectivity index (χ4v) is 2.00. The average molecular weight is 347 g/mol. The molecule has 0 saturated heterocycles. The molecule has 3 nitrogen and oxygen atoms in total. The minimum absolute atomic E-state index is 0.282. The minimum atomic E-state index is -4.70. The van der Waals surface area contributed by atoms with Crippen molar-refractivity contribution in [2.75, 3.05) is 0 Å². The van der Waals surface area contributed by atoms with E-state index < -0.39 is 12.4 Å². The molecule has 106 valence electrons. The van der Waals surface area contributed by atoms with Crippen LogP contribution in [0.4, 0.5) is 13.2 Å². The molecule has 0 aliphatic carbocycles. The minimum Gasteiger partial charge on any atom is -0.406 e. The molecular formula is C13H10BrF3N2O. The maximum atomic E-state index is 12.0. The van der Waals surface area contributed by atoms with E-state index in [4.69, 9.17) is 5.73 Å². The highest BCUT2D eigenvalue weighted by Crippen LogP contribution is 2.25. The third-order valence-corrected chi connectivity index (χ3v) is 2.97. The van der Waals surface area contributed by atoms with Crippen molar-refractivity contribution in [3.63, 3.8) is 0 Å². The van der Waals surface area contributed by atoms with Crippen molar-refractivity contribution < 1.29 is 17.9 Å². The lowest BCUT2D eigenvalue weighted by Crippen LogP contribution is -2.17. The van der Waals surface area contributed by atoms with E-state index in [1.165, 1.54) is 24.3 Å². The molecule has 20 heavy (non-hydrogen) atoms. The highest BCUT2D eigenvalue weighted by molar-refractivity contribution is 9.10. The Kier molecular flexibility index (Phi) is 4.29. The van der Waals surface area contributed by atoms with E-state index in [0.717, 1.165) is 0 Å². The van der Waals surface area contributed by atoms with Gasteiger partial charge in [0.1, 0.15) is 10.4 Å². The lowest BCUT2D eigenvalue weighted by molar-refractivity contribution is -0.274. The Hall–Kier alpha value is -1.60. The number of ether oxygens (including phenoxy) is 1. The molecule has 0 radical (unpaired) electrons. The van der Waals surface area contributed by atoms with E-state index in [0.29, 0.717) is 15.9 Å². The summed E-state index contributed by atoms with van der Waals surface area (Å²) in [5, 5.41) is 0. The van der Waals surface area contributed by atoms with Crippen LogP contribution in [0.25, 0.3) is 0 Å². The van der Waals surface area contributed by atoms with Crippen LogP contribution in [0.15, 0.2) is 47.1 Å². The molecule has 2 N–H and O–H groups in total. The molecule has 7 heteroatoms. The van der Waals surface area contributed by atoms with Crippen molar-refractivity contribution in [3.8, 4) is 5.75 Å². The van der Waals surface area contributed by atoms with Gasteiger partial charge in [0.15, 0.2) is 0 Å². The Morgan fingerprint density at radius 2 is 1.75 bits per heavy atom. The summed E-state index contributed by atoms with van der Waals surface area (Å²) in [6.07, 6.45) is -4.70. The Morgan fingerprint density at radius 3 is 2.30 bits per heavy atom. The number of halogens is 4. The van der Waals surface area contributed by atoms with E-state index in [1.807, 2.05) is 0 Å². The standard InChI is InChI=1S/C13H10BrF3N2O/c14-11-3-1-2-10(19-11)12(18)8-4-6-9(7-5-8)20-13(15,16)17/h1-7,12H,18H2/t12-/m0/s1. The van der Waals surface area contributed by atoms with Crippen molar-refractivity contribution in [3.05, 3.63) is 58.3 Å². The van der Waals surface area contributed by atoms with Crippen LogP contribution >= 0.6 is 15.9 Å². The fraction of sp³-hybridized carbons (Fsp3) is 0.154. The Labute approximate surface area is 121 Å². The number of aromatic nitrogens is 1. The molecule has 0 unspecified atom stereocenters. The third kappa shape index (κ3) is 3.94. The maximum Gasteiger partial charge on any atom is 0.573 e. The SMILES string of the molecule is N[C@@H](c1ccc(OC(F)(F)F)cc1)c1cccc(Br)n1. The summed E-state index contributed by atoms with van der Waals surface area (Å²) in [4.78, 5) is 4.21.